The molecule has 0 unspecified atom stereocenters. The van der Waals surface area contributed by atoms with Gasteiger partial charge < -0.3 is 14.8 Å². The predicted octanol–water partition coefficient (Wildman–Crippen LogP) is -3.97. The smallest absolute Gasteiger partial charge is 0.548 e. The van der Waals surface area contributed by atoms with Gasteiger partial charge in [0, 0.05) is 19.8 Å². The first-order chi connectivity index (χ1) is 8.06. The summed E-state index contributed by atoms with van der Waals surface area (Å²) in [7, 11) is 1.71. The largest absolute Gasteiger partial charge is 1.00 e. The van der Waals surface area contributed by atoms with E-state index in [2.05, 4.69) is 5.10 Å². The summed E-state index contributed by atoms with van der Waals surface area (Å²) in [4.78, 5) is 24.0. The second kappa shape index (κ2) is 6.36. The fourth-order valence-corrected chi connectivity index (χ4v) is 1.70. The van der Waals surface area contributed by atoms with E-state index in [1.165, 1.54) is 15.8 Å². The van der Waals surface area contributed by atoms with Crippen LogP contribution in [0.1, 0.15) is 23.2 Å². The molecule has 0 spiro atoms. The summed E-state index contributed by atoms with van der Waals surface area (Å²) in [5.41, 5.74) is 0.411. The van der Waals surface area contributed by atoms with Crippen LogP contribution in [0.25, 0.3) is 0 Å². The van der Waals surface area contributed by atoms with Gasteiger partial charge in [-0.05, 0) is 18.8 Å². The molecule has 0 atom stereocenters. The van der Waals surface area contributed by atoms with Crippen LogP contribution in [0.15, 0.2) is 12.4 Å². The molecule has 92 valence electrons. The molecule has 1 aliphatic carbocycles. The Hall–Kier alpha value is -0.850. The van der Waals surface area contributed by atoms with Crippen molar-refractivity contribution in [2.45, 2.75) is 12.8 Å². The molecule has 0 aromatic carbocycles. The maximum absolute atomic E-state index is 12.0. The Bertz CT molecular complexity index is 442. The van der Waals surface area contributed by atoms with Gasteiger partial charge in [-0.25, -0.2) is 0 Å². The number of amides is 1. The van der Waals surface area contributed by atoms with Crippen molar-refractivity contribution in [3.05, 3.63) is 18.0 Å². The molecule has 1 aromatic heterocycles. The number of carbonyl (C=O) groups excluding carboxylic acids is 2. The molecule has 1 aromatic rings. The molecule has 0 bridgehead atoms. The molecule has 0 N–H and O–H groups in total. The molecule has 0 aliphatic heterocycles. The predicted molar refractivity (Wildman–Crippen MR) is 56.8 cm³/mol. The van der Waals surface area contributed by atoms with Crippen molar-refractivity contribution in [3.63, 3.8) is 0 Å². The Morgan fingerprint density at radius 3 is 2.67 bits per heavy atom. The first-order valence-electron chi connectivity index (χ1n) is 5.54. The molecule has 0 saturated heterocycles. The van der Waals surface area contributed by atoms with E-state index in [1.54, 1.807) is 13.2 Å². The summed E-state index contributed by atoms with van der Waals surface area (Å²) >= 11 is 0. The summed E-state index contributed by atoms with van der Waals surface area (Å²) in [5, 5.41) is 14.5. The molecule has 1 aliphatic rings. The van der Waals surface area contributed by atoms with Crippen LogP contribution in [0.3, 0.4) is 0 Å². The quantitative estimate of drug-likeness (QED) is 0.505. The molecule has 2 rings (SSSR count). The molecule has 1 amide bonds. The number of aryl methyl sites for hydroxylation is 1. The van der Waals surface area contributed by atoms with Crippen molar-refractivity contribution in [2.24, 2.45) is 13.0 Å². The first-order valence-corrected chi connectivity index (χ1v) is 5.54. The summed E-state index contributed by atoms with van der Waals surface area (Å²) in [6.07, 6.45) is 5.14. The minimum atomic E-state index is -1.23. The van der Waals surface area contributed by atoms with Gasteiger partial charge in [0.05, 0.1) is 24.3 Å². The molecule has 6 nitrogen and oxygen atoms in total. The summed E-state index contributed by atoms with van der Waals surface area (Å²) in [5.74, 6) is -1.09. The number of hydrogen-bond acceptors (Lipinski definition) is 4. The van der Waals surface area contributed by atoms with Crippen molar-refractivity contribution in [3.8, 4) is 0 Å². The number of carboxylic acids is 1. The van der Waals surface area contributed by atoms with E-state index in [9.17, 15) is 14.7 Å². The number of carbonyl (C=O) groups is 2. The molecule has 0 radical (unpaired) electrons. The van der Waals surface area contributed by atoms with Gasteiger partial charge in [-0.1, -0.05) is 0 Å². The minimum absolute atomic E-state index is 0. The molecule has 7 heteroatoms. The van der Waals surface area contributed by atoms with Crippen LogP contribution in [0.5, 0.6) is 0 Å². The second-order valence-electron chi connectivity index (χ2n) is 4.40. The zero-order chi connectivity index (χ0) is 12.4. The number of nitrogens with zero attached hydrogens (tertiary/aromatic N) is 3. The average Bonchev–Trinajstić information content (AvgIpc) is 2.96. The Balaban J connectivity index is 0.00000162. The zero-order valence-corrected chi connectivity index (χ0v) is 12.6. The maximum Gasteiger partial charge on any atom is 1.00 e. The first kappa shape index (κ1) is 15.2. The van der Waals surface area contributed by atoms with Crippen LogP contribution < -0.4 is 34.7 Å². The normalized spacial score (nSPS) is 13.8. The molecule has 1 heterocycles. The van der Waals surface area contributed by atoms with E-state index in [-0.39, 0.29) is 42.0 Å². The Kier molecular flexibility index (Phi) is 5.37. The van der Waals surface area contributed by atoms with Gasteiger partial charge >= 0.3 is 29.6 Å². The van der Waals surface area contributed by atoms with Crippen LogP contribution in [0, 0.1) is 5.92 Å². The SMILES string of the molecule is Cn1cc(C(=O)N(CC(=O)[O-])CC2CC2)cn1.[Na+]. The summed E-state index contributed by atoms with van der Waals surface area (Å²) < 4.78 is 1.52. The number of carboxylic acid groups (broad SMARTS) is 1. The minimum Gasteiger partial charge on any atom is -0.548 e. The third-order valence-corrected chi connectivity index (χ3v) is 2.73. The number of aliphatic carboxylic acids is 1. The summed E-state index contributed by atoms with van der Waals surface area (Å²) in [6, 6.07) is 0. The molecular weight excluding hydrogens is 245 g/mol. The molecular formula is C11H14N3NaO3. The van der Waals surface area contributed by atoms with Gasteiger partial charge in [-0.3, -0.25) is 9.48 Å². The van der Waals surface area contributed by atoms with E-state index in [0.717, 1.165) is 12.8 Å². The van der Waals surface area contributed by atoms with Crippen LogP contribution in [0.2, 0.25) is 0 Å². The summed E-state index contributed by atoms with van der Waals surface area (Å²) in [6.45, 7) is 0.131. The van der Waals surface area contributed by atoms with Crippen molar-refractivity contribution < 1.29 is 44.3 Å². The van der Waals surface area contributed by atoms with E-state index in [0.29, 0.717) is 18.0 Å². The molecule has 1 saturated carbocycles. The van der Waals surface area contributed by atoms with Gasteiger partial charge in [0.2, 0.25) is 0 Å². The van der Waals surface area contributed by atoms with Crippen molar-refractivity contribution in [1.29, 1.82) is 0 Å². The van der Waals surface area contributed by atoms with E-state index in [1.807, 2.05) is 0 Å². The van der Waals surface area contributed by atoms with Crippen LogP contribution in [-0.2, 0) is 11.8 Å². The number of aromatic nitrogens is 2. The Morgan fingerprint density at radius 2 is 2.22 bits per heavy atom. The second-order valence-corrected chi connectivity index (χ2v) is 4.40. The topological polar surface area (TPSA) is 78.3 Å². The van der Waals surface area contributed by atoms with Crippen LogP contribution in [0.4, 0.5) is 0 Å². The van der Waals surface area contributed by atoms with Gasteiger partial charge in [0.1, 0.15) is 0 Å². The number of rotatable bonds is 5. The average molecular weight is 259 g/mol. The fourth-order valence-electron chi connectivity index (χ4n) is 1.70. The molecule has 18 heavy (non-hydrogen) atoms. The maximum atomic E-state index is 12.0. The number of hydrogen-bond donors (Lipinski definition) is 0. The fraction of sp³-hybridized carbons (Fsp3) is 0.545. The van der Waals surface area contributed by atoms with E-state index in [4.69, 9.17) is 0 Å². The Labute approximate surface area is 127 Å². The zero-order valence-electron chi connectivity index (χ0n) is 10.6. The third-order valence-electron chi connectivity index (χ3n) is 2.73. The van der Waals surface area contributed by atoms with Crippen molar-refractivity contribution in [1.82, 2.24) is 14.7 Å². The van der Waals surface area contributed by atoms with Gasteiger partial charge in [0.25, 0.3) is 5.91 Å². The van der Waals surface area contributed by atoms with Crippen molar-refractivity contribution in [2.75, 3.05) is 13.1 Å². The van der Waals surface area contributed by atoms with Gasteiger partial charge in [-0.15, -0.1) is 0 Å². The Morgan fingerprint density at radius 1 is 1.56 bits per heavy atom. The van der Waals surface area contributed by atoms with Crippen LogP contribution >= 0.6 is 0 Å². The monoisotopic (exact) mass is 259 g/mol. The third kappa shape index (κ3) is 4.12. The molecule has 1 fully saturated rings. The van der Waals surface area contributed by atoms with Gasteiger partial charge in [0.15, 0.2) is 0 Å². The van der Waals surface area contributed by atoms with Crippen LogP contribution in [-0.4, -0.2) is 39.6 Å². The van der Waals surface area contributed by atoms with E-state index < -0.39 is 5.97 Å². The van der Waals surface area contributed by atoms with Gasteiger partial charge in [-0.2, -0.15) is 5.10 Å². The van der Waals surface area contributed by atoms with Crippen molar-refractivity contribution >= 4 is 11.9 Å². The van der Waals surface area contributed by atoms with E-state index >= 15 is 0 Å². The standard InChI is InChI=1S/C11H15N3O3.Na/c1-13-6-9(4-12-13)11(17)14(7-10(15)16)5-8-2-3-8;/h4,6,8H,2-3,5,7H2,1H3,(H,15,16);/q;+1/p-1.